The standard InChI is InChI=1S/C3H6N2O3S2/c4-3(8)5(10)1(6)2(7)9/h3,8,10H,4H2,(H,7,9). The van der Waals surface area contributed by atoms with Crippen LogP contribution in [0.15, 0.2) is 0 Å². The maximum atomic E-state index is 10.5. The number of aliphatic hydroxyl groups is 1. The molecule has 0 aromatic heterocycles. The van der Waals surface area contributed by atoms with Crippen molar-refractivity contribution in [2.75, 3.05) is 0 Å². The maximum Gasteiger partial charge on any atom is 0.313 e. The smallest absolute Gasteiger partial charge is 0.313 e. The first kappa shape index (κ1) is 9.76. The highest BCUT2D eigenvalue weighted by Crippen LogP contribution is 1.98. The summed E-state index contributed by atoms with van der Waals surface area (Å²) in [4.78, 5) is 20.6. The van der Waals surface area contributed by atoms with Crippen LogP contribution in [0.3, 0.4) is 0 Å². The zero-order valence-corrected chi connectivity index (χ0v) is 6.55. The van der Waals surface area contributed by atoms with Gasteiger partial charge in [0.15, 0.2) is 6.35 Å². The number of nitrogens with two attached hydrogens (primary N) is 1. The van der Waals surface area contributed by atoms with Gasteiger partial charge in [0, 0.05) is 0 Å². The molecule has 0 bridgehead atoms. The first-order chi connectivity index (χ1) is 4.46. The lowest BCUT2D eigenvalue weighted by molar-refractivity contribution is -0.140. The number of hydrogen-bond donors (Lipinski definition) is 4. The molecule has 3 N–H and O–H groups in total. The van der Waals surface area contributed by atoms with Crippen molar-refractivity contribution in [2.45, 2.75) is 6.35 Å². The van der Waals surface area contributed by atoms with Crippen molar-refractivity contribution in [2.24, 2.45) is 5.73 Å². The molecule has 0 aliphatic rings. The van der Waals surface area contributed by atoms with E-state index in [4.69, 9.17) is 10.8 Å². The molecular weight excluding hydrogens is 176 g/mol. The van der Waals surface area contributed by atoms with Crippen LogP contribution in [0.4, 0.5) is 0 Å². The Morgan fingerprint density at radius 1 is 1.60 bits per heavy atom. The first-order valence-corrected chi connectivity index (χ1v) is 3.00. The van der Waals surface area contributed by atoms with E-state index in [1.807, 2.05) is 0 Å². The Labute approximate surface area is 68.1 Å². The number of carbonyl (C=O) groups excluding carboxylic acids is 2. The van der Waals surface area contributed by atoms with E-state index in [1.165, 1.54) is 0 Å². The van der Waals surface area contributed by atoms with Crippen molar-refractivity contribution in [3.05, 3.63) is 0 Å². The second-order valence-corrected chi connectivity index (χ2v) is 2.21. The Kier molecular flexibility index (Phi) is 3.72. The fourth-order valence-electron chi connectivity index (χ4n) is 0.218. The summed E-state index contributed by atoms with van der Waals surface area (Å²) in [6.45, 7) is 0. The van der Waals surface area contributed by atoms with Gasteiger partial charge in [-0.1, -0.05) is 25.4 Å². The molecule has 0 aliphatic heterocycles. The van der Waals surface area contributed by atoms with E-state index in [9.17, 15) is 9.59 Å². The number of aliphatic hydroxyl groups excluding tert-OH is 1. The van der Waals surface area contributed by atoms with Crippen molar-refractivity contribution < 1.29 is 14.7 Å². The van der Waals surface area contributed by atoms with E-state index in [2.05, 4.69) is 25.4 Å². The van der Waals surface area contributed by atoms with E-state index in [0.717, 1.165) is 0 Å². The second kappa shape index (κ2) is 3.81. The lowest BCUT2D eigenvalue weighted by atomic mass is 10.6. The Hall–Kier alpha value is -0.240. The van der Waals surface area contributed by atoms with E-state index < -0.39 is 17.4 Å². The molecule has 0 saturated carbocycles. The van der Waals surface area contributed by atoms with Crippen molar-refractivity contribution >= 4 is 36.5 Å². The molecule has 0 saturated heterocycles. The molecule has 1 amide bonds. The number of amides is 1. The van der Waals surface area contributed by atoms with Gasteiger partial charge in [-0.05, 0) is 0 Å². The van der Waals surface area contributed by atoms with Crippen LogP contribution in [-0.2, 0) is 9.59 Å². The molecule has 0 rings (SSSR count). The van der Waals surface area contributed by atoms with Crippen LogP contribution in [-0.4, -0.2) is 26.8 Å². The highest BCUT2D eigenvalue weighted by molar-refractivity contribution is 7.99. The summed E-state index contributed by atoms with van der Waals surface area (Å²) in [6, 6.07) is 0. The monoisotopic (exact) mass is 182 g/mol. The normalized spacial score (nSPS) is 12.4. The molecular formula is C3H6N2O3S2. The molecule has 58 valence electrons. The fourth-order valence-corrected chi connectivity index (χ4v) is 0.496. The molecule has 0 heterocycles. The molecule has 0 spiro atoms. The average Bonchev–Trinajstić information content (AvgIpc) is 1.84. The molecule has 0 radical (unpaired) electrons. The third kappa shape index (κ3) is 2.56. The quantitative estimate of drug-likeness (QED) is 0.234. The van der Waals surface area contributed by atoms with Gasteiger partial charge >= 0.3 is 5.91 Å². The van der Waals surface area contributed by atoms with Gasteiger partial charge in [-0.25, -0.2) is 4.31 Å². The van der Waals surface area contributed by atoms with Crippen molar-refractivity contribution in [1.82, 2.24) is 4.31 Å². The molecule has 10 heavy (non-hydrogen) atoms. The zero-order chi connectivity index (χ0) is 8.31. The summed E-state index contributed by atoms with van der Waals surface area (Å²) < 4.78 is 0.370. The summed E-state index contributed by atoms with van der Waals surface area (Å²) >= 11 is 6.58. The maximum absolute atomic E-state index is 10.5. The predicted molar refractivity (Wildman–Crippen MR) is 40.0 cm³/mol. The van der Waals surface area contributed by atoms with Crippen molar-refractivity contribution in [3.63, 3.8) is 0 Å². The predicted octanol–water partition coefficient (Wildman–Crippen LogP) is -1.65. The molecule has 1 atom stereocenters. The van der Waals surface area contributed by atoms with Crippen LogP contribution in [0, 0.1) is 0 Å². The van der Waals surface area contributed by atoms with E-state index >= 15 is 0 Å². The zero-order valence-electron chi connectivity index (χ0n) is 4.76. The summed E-state index contributed by atoms with van der Waals surface area (Å²) in [5.41, 5.74) is 4.77. The van der Waals surface area contributed by atoms with Gasteiger partial charge < -0.3 is 5.11 Å². The molecule has 0 aromatic carbocycles. The molecule has 0 fully saturated rings. The highest BCUT2D eigenvalue weighted by Gasteiger charge is 2.19. The second-order valence-electron chi connectivity index (χ2n) is 1.37. The summed E-state index contributed by atoms with van der Waals surface area (Å²) in [5.74, 6) is -1.07. The Balaban J connectivity index is 4.08. The number of nitrogens with zero attached hydrogens (tertiary/aromatic N) is 1. The third-order valence-corrected chi connectivity index (χ3v) is 1.25. The van der Waals surface area contributed by atoms with E-state index in [0.29, 0.717) is 4.31 Å². The van der Waals surface area contributed by atoms with Gasteiger partial charge in [0.2, 0.25) is 0 Å². The molecule has 0 aromatic rings. The minimum atomic E-state index is -1.59. The van der Waals surface area contributed by atoms with E-state index in [1.54, 1.807) is 0 Å². The SMILES string of the molecule is NC(O)N(S)C(=O)C(=O)S. The molecule has 1 unspecified atom stereocenters. The van der Waals surface area contributed by atoms with Crippen LogP contribution < -0.4 is 5.73 Å². The van der Waals surface area contributed by atoms with Crippen molar-refractivity contribution in [1.29, 1.82) is 0 Å². The average molecular weight is 182 g/mol. The molecule has 5 nitrogen and oxygen atoms in total. The highest BCUT2D eigenvalue weighted by atomic mass is 32.1. The van der Waals surface area contributed by atoms with Crippen LogP contribution in [0.5, 0.6) is 0 Å². The number of thiol groups is 2. The summed E-state index contributed by atoms with van der Waals surface area (Å²) in [5, 5.41) is 7.43. The van der Waals surface area contributed by atoms with Gasteiger partial charge in [-0.3, -0.25) is 15.3 Å². The van der Waals surface area contributed by atoms with Gasteiger partial charge in [0.25, 0.3) is 5.12 Å². The largest absolute Gasteiger partial charge is 0.360 e. The molecule has 0 aliphatic carbocycles. The van der Waals surface area contributed by atoms with Crippen molar-refractivity contribution in [3.8, 4) is 0 Å². The number of rotatable bonds is 2. The topological polar surface area (TPSA) is 83.6 Å². The Morgan fingerprint density at radius 2 is 2.00 bits per heavy atom. The van der Waals surface area contributed by atoms with Gasteiger partial charge in [-0.15, -0.1) is 0 Å². The van der Waals surface area contributed by atoms with Gasteiger partial charge in [0.1, 0.15) is 0 Å². The lowest BCUT2D eigenvalue weighted by Gasteiger charge is -2.15. The summed E-state index contributed by atoms with van der Waals surface area (Å²) in [7, 11) is 0. The first-order valence-electron chi connectivity index (χ1n) is 2.16. The van der Waals surface area contributed by atoms with Gasteiger partial charge in [0.05, 0.1) is 0 Å². The summed E-state index contributed by atoms with van der Waals surface area (Å²) in [6.07, 6.45) is -1.59. The Morgan fingerprint density at radius 3 is 2.10 bits per heavy atom. The Bertz CT molecular complexity index is 160. The van der Waals surface area contributed by atoms with Gasteiger partial charge in [-0.2, -0.15) is 0 Å². The minimum absolute atomic E-state index is 0.370. The minimum Gasteiger partial charge on any atom is -0.360 e. The molecule has 7 heteroatoms. The number of hydrogen-bond acceptors (Lipinski definition) is 5. The lowest BCUT2D eigenvalue weighted by Crippen LogP contribution is -2.41. The number of carbonyl (C=O) groups is 2. The third-order valence-electron chi connectivity index (χ3n) is 0.642. The fraction of sp³-hybridized carbons (Fsp3) is 0.333. The van der Waals surface area contributed by atoms with Crippen LogP contribution in [0.1, 0.15) is 0 Å². The van der Waals surface area contributed by atoms with E-state index in [-0.39, 0.29) is 0 Å². The van der Waals surface area contributed by atoms with Crippen LogP contribution in [0.25, 0.3) is 0 Å². The van der Waals surface area contributed by atoms with Crippen LogP contribution >= 0.6 is 25.4 Å². The van der Waals surface area contributed by atoms with Crippen LogP contribution in [0.2, 0.25) is 0 Å².